The number of allylic oxidation sites excluding steroid dienone is 1. The molecule has 2 aromatic heterocycles. The average Bonchev–Trinajstić information content (AvgIpc) is 3.25. The van der Waals surface area contributed by atoms with E-state index in [1.54, 1.807) is 0 Å². The number of aliphatic hydroxyl groups is 1. The van der Waals surface area contributed by atoms with Crippen LogP contribution < -0.4 is 5.56 Å². The first kappa shape index (κ1) is 15.1. The number of hydrogen-bond donors (Lipinski definition) is 1. The van der Waals surface area contributed by atoms with Crippen molar-refractivity contribution in [1.82, 2.24) is 9.55 Å². The molecule has 1 N–H and O–H groups in total. The fourth-order valence-corrected chi connectivity index (χ4v) is 4.46. The Labute approximate surface area is 153 Å². The molecule has 3 heterocycles. The molecule has 0 saturated carbocycles. The topological polar surface area (TPSA) is 55.1 Å². The second-order valence-electron chi connectivity index (χ2n) is 6.21. The van der Waals surface area contributed by atoms with E-state index in [4.69, 9.17) is 0 Å². The Bertz CT molecular complexity index is 1220. The summed E-state index contributed by atoms with van der Waals surface area (Å²) < 4.78 is 2.55. The number of hydrogen-bond acceptors (Lipinski definition) is 4. The van der Waals surface area contributed by atoms with Gasteiger partial charge in [-0.1, -0.05) is 60.7 Å². The van der Waals surface area contributed by atoms with E-state index in [-0.39, 0.29) is 11.3 Å². The van der Waals surface area contributed by atoms with Crippen molar-refractivity contribution in [2.24, 2.45) is 0 Å². The summed E-state index contributed by atoms with van der Waals surface area (Å²) in [5.74, 6) is 0.770. The maximum atomic E-state index is 12.6. The molecule has 5 heteroatoms. The van der Waals surface area contributed by atoms with Crippen LogP contribution in [0.5, 0.6) is 0 Å². The van der Waals surface area contributed by atoms with Crippen LogP contribution in [0, 0.1) is 0 Å². The zero-order chi connectivity index (χ0) is 17.7. The Morgan fingerprint density at radius 2 is 1.62 bits per heavy atom. The molecule has 0 aliphatic carbocycles. The van der Waals surface area contributed by atoms with Crippen molar-refractivity contribution < 1.29 is 5.11 Å². The summed E-state index contributed by atoms with van der Waals surface area (Å²) in [5, 5.41) is 10.6. The maximum Gasteiger partial charge on any atom is 0.291 e. The lowest BCUT2D eigenvalue weighted by Crippen LogP contribution is -2.14. The highest BCUT2D eigenvalue weighted by Crippen LogP contribution is 2.37. The fraction of sp³-hybridized carbons (Fsp3) is 0.0476. The lowest BCUT2D eigenvalue weighted by Gasteiger charge is -2.06. The van der Waals surface area contributed by atoms with E-state index in [1.807, 2.05) is 71.3 Å². The molecule has 0 fully saturated rings. The van der Waals surface area contributed by atoms with Crippen molar-refractivity contribution in [3.63, 3.8) is 0 Å². The van der Waals surface area contributed by atoms with E-state index in [0.29, 0.717) is 22.6 Å². The van der Waals surface area contributed by atoms with Crippen LogP contribution in [-0.2, 0) is 6.54 Å². The van der Waals surface area contributed by atoms with Crippen LogP contribution in [0.4, 0.5) is 0 Å². The van der Waals surface area contributed by atoms with Gasteiger partial charge in [0, 0.05) is 4.88 Å². The third-order valence-corrected chi connectivity index (χ3v) is 5.76. The summed E-state index contributed by atoms with van der Waals surface area (Å²) in [7, 11) is 0. The lowest BCUT2D eigenvalue weighted by atomic mass is 10.1. The minimum Gasteiger partial charge on any atom is -0.510 e. The Kier molecular flexibility index (Phi) is 3.30. The lowest BCUT2D eigenvalue weighted by molar-refractivity contribution is 0.389. The number of aromatic nitrogens is 2. The molecule has 5 rings (SSSR count). The molecule has 4 nitrogen and oxygen atoms in total. The molecule has 0 amide bonds. The van der Waals surface area contributed by atoms with E-state index in [2.05, 4.69) is 4.98 Å². The second-order valence-corrected chi connectivity index (χ2v) is 7.26. The largest absolute Gasteiger partial charge is 0.510 e. The van der Waals surface area contributed by atoms with Crippen molar-refractivity contribution in [3.8, 4) is 10.4 Å². The van der Waals surface area contributed by atoms with Gasteiger partial charge < -0.3 is 9.67 Å². The molecule has 4 aromatic rings. The Morgan fingerprint density at radius 1 is 0.962 bits per heavy atom. The molecule has 0 bridgehead atoms. The first-order valence-electron chi connectivity index (χ1n) is 8.30. The van der Waals surface area contributed by atoms with Gasteiger partial charge in [-0.05, 0) is 17.2 Å². The van der Waals surface area contributed by atoms with Gasteiger partial charge in [-0.3, -0.25) is 4.79 Å². The number of benzene rings is 2. The monoisotopic (exact) mass is 358 g/mol. The summed E-state index contributed by atoms with van der Waals surface area (Å²) in [4.78, 5) is 18.0. The third-order valence-electron chi connectivity index (χ3n) is 4.60. The highest BCUT2D eigenvalue weighted by atomic mass is 32.1. The van der Waals surface area contributed by atoms with Crippen LogP contribution in [0.15, 0.2) is 77.3 Å². The maximum absolute atomic E-state index is 12.6. The van der Waals surface area contributed by atoms with Gasteiger partial charge >= 0.3 is 0 Å². The van der Waals surface area contributed by atoms with Crippen molar-refractivity contribution in [2.45, 2.75) is 6.54 Å². The molecular formula is C21H14N2O2S. The Balaban J connectivity index is 1.74. The summed E-state index contributed by atoms with van der Waals surface area (Å²) >= 11 is 1.45. The molecule has 26 heavy (non-hydrogen) atoms. The van der Waals surface area contributed by atoms with Crippen LogP contribution in [0.1, 0.15) is 11.4 Å². The normalized spacial score (nSPS) is 13.4. The summed E-state index contributed by atoms with van der Waals surface area (Å²) in [5.41, 5.74) is 3.14. The van der Waals surface area contributed by atoms with Crippen molar-refractivity contribution >= 4 is 27.1 Å². The first-order chi connectivity index (χ1) is 12.7. The zero-order valence-corrected chi connectivity index (χ0v) is 14.5. The molecule has 0 spiro atoms. The number of thiophene rings is 1. The highest BCUT2D eigenvalue weighted by molar-refractivity contribution is 7.22. The fourth-order valence-electron chi connectivity index (χ4n) is 3.41. The van der Waals surface area contributed by atoms with Crippen LogP contribution in [0.2, 0.25) is 0 Å². The Hall–Kier alpha value is -3.18. The average molecular weight is 358 g/mol. The third kappa shape index (κ3) is 2.21. The van der Waals surface area contributed by atoms with Gasteiger partial charge in [0.1, 0.15) is 16.3 Å². The molecule has 0 saturated heterocycles. The number of aliphatic hydroxyl groups excluding tert-OH is 1. The van der Waals surface area contributed by atoms with Crippen molar-refractivity contribution in [2.75, 3.05) is 0 Å². The highest BCUT2D eigenvalue weighted by Gasteiger charge is 2.27. The number of rotatable bonds is 2. The van der Waals surface area contributed by atoms with Crippen LogP contribution in [0.3, 0.4) is 0 Å². The molecule has 0 atom stereocenters. The van der Waals surface area contributed by atoms with Gasteiger partial charge in [-0.15, -0.1) is 11.3 Å². The van der Waals surface area contributed by atoms with Gasteiger partial charge in [0.2, 0.25) is 0 Å². The van der Waals surface area contributed by atoms with E-state index in [9.17, 15) is 9.90 Å². The zero-order valence-electron chi connectivity index (χ0n) is 13.7. The smallest absolute Gasteiger partial charge is 0.291 e. The summed E-state index contributed by atoms with van der Waals surface area (Å²) in [6.07, 6.45) is 0. The number of nitrogens with zero attached hydrogens (tertiary/aromatic N) is 2. The van der Waals surface area contributed by atoms with Crippen LogP contribution in [-0.4, -0.2) is 14.7 Å². The molecular weight excluding hydrogens is 344 g/mol. The number of fused-ring (bicyclic) bond motifs is 3. The van der Waals surface area contributed by atoms with Gasteiger partial charge in [-0.25, -0.2) is 0 Å². The van der Waals surface area contributed by atoms with Gasteiger partial charge in [0.25, 0.3) is 5.56 Å². The standard InChI is InChI=1S/C21H14N2O2S/c24-16-12-23-15-11-17(13-7-3-1-4-8-13)26-19(15)21(25)22-20(23)18(16)14-9-5-2-6-10-14/h1-11,24H,12H2. The predicted octanol–water partition coefficient (Wildman–Crippen LogP) is 4.46. The van der Waals surface area contributed by atoms with Crippen molar-refractivity contribution in [1.29, 1.82) is 0 Å². The van der Waals surface area contributed by atoms with Gasteiger partial charge in [0.05, 0.1) is 17.6 Å². The van der Waals surface area contributed by atoms with Gasteiger partial charge in [-0.2, -0.15) is 4.98 Å². The van der Waals surface area contributed by atoms with Crippen molar-refractivity contribution in [3.05, 3.63) is 94.2 Å². The molecule has 0 radical (unpaired) electrons. The second kappa shape index (κ2) is 5.68. The van der Waals surface area contributed by atoms with E-state index in [1.165, 1.54) is 11.3 Å². The molecule has 1 aliphatic rings. The van der Waals surface area contributed by atoms with E-state index in [0.717, 1.165) is 21.5 Å². The minimum absolute atomic E-state index is 0.239. The minimum atomic E-state index is -0.249. The van der Waals surface area contributed by atoms with Crippen LogP contribution >= 0.6 is 11.3 Å². The van der Waals surface area contributed by atoms with Gasteiger partial charge in [0.15, 0.2) is 0 Å². The van der Waals surface area contributed by atoms with E-state index < -0.39 is 0 Å². The quantitative estimate of drug-likeness (QED) is 0.576. The summed E-state index contributed by atoms with van der Waals surface area (Å²) in [6.45, 7) is 0.328. The summed E-state index contributed by atoms with van der Waals surface area (Å²) in [6, 6.07) is 21.6. The predicted molar refractivity (Wildman–Crippen MR) is 104 cm³/mol. The molecule has 126 valence electrons. The molecule has 0 unspecified atom stereocenters. The van der Waals surface area contributed by atoms with E-state index >= 15 is 0 Å². The molecule has 1 aliphatic heterocycles. The Morgan fingerprint density at radius 3 is 2.31 bits per heavy atom. The van der Waals surface area contributed by atoms with Crippen LogP contribution in [0.25, 0.3) is 26.2 Å². The molecule has 2 aromatic carbocycles. The first-order valence-corrected chi connectivity index (χ1v) is 9.12. The SMILES string of the molecule is O=c1nc2n(c3cc(-c4ccccc4)sc13)CC(O)=C2c1ccccc1.